The molecule has 0 aliphatic heterocycles. The van der Waals surface area contributed by atoms with Gasteiger partial charge in [0.05, 0.1) is 0 Å². The molecule has 18 heavy (non-hydrogen) atoms. The zero-order valence-corrected chi connectivity index (χ0v) is 11.8. The minimum Gasteiger partial charge on any atom is -0.310 e. The van der Waals surface area contributed by atoms with Crippen molar-refractivity contribution in [1.29, 1.82) is 0 Å². The molecule has 0 amide bonds. The lowest BCUT2D eigenvalue weighted by atomic mass is 10.0. The summed E-state index contributed by atoms with van der Waals surface area (Å²) in [5, 5.41) is 5.74. The first-order chi connectivity index (χ1) is 8.74. The van der Waals surface area contributed by atoms with Gasteiger partial charge in [-0.3, -0.25) is 0 Å². The minimum atomic E-state index is 0.782. The molecule has 2 aromatic rings. The Balaban J connectivity index is 1.82. The molecule has 1 saturated carbocycles. The van der Waals surface area contributed by atoms with Crippen molar-refractivity contribution in [3.8, 4) is 10.4 Å². The Morgan fingerprint density at radius 2 is 2.00 bits per heavy atom. The summed E-state index contributed by atoms with van der Waals surface area (Å²) in [5.74, 6) is 0. The van der Waals surface area contributed by atoms with E-state index in [9.17, 15) is 0 Å². The van der Waals surface area contributed by atoms with Crippen molar-refractivity contribution in [3.63, 3.8) is 0 Å². The number of hydrogen-bond acceptors (Lipinski definition) is 2. The molecular weight excluding hydrogens is 238 g/mol. The molecule has 0 saturated heterocycles. The molecule has 2 heteroatoms. The molecule has 94 valence electrons. The van der Waals surface area contributed by atoms with Gasteiger partial charge in [0.25, 0.3) is 0 Å². The van der Waals surface area contributed by atoms with Gasteiger partial charge in [0.15, 0.2) is 0 Å². The summed E-state index contributed by atoms with van der Waals surface area (Å²) >= 11 is 1.84. The molecule has 0 unspecified atom stereocenters. The van der Waals surface area contributed by atoms with Crippen LogP contribution < -0.4 is 5.32 Å². The topological polar surface area (TPSA) is 12.0 Å². The van der Waals surface area contributed by atoms with E-state index in [0.29, 0.717) is 0 Å². The van der Waals surface area contributed by atoms with Crippen LogP contribution in [0.25, 0.3) is 10.4 Å². The molecule has 1 N–H and O–H groups in total. The van der Waals surface area contributed by atoms with Crippen molar-refractivity contribution in [2.24, 2.45) is 0 Å². The maximum absolute atomic E-state index is 3.57. The molecule has 1 aliphatic carbocycles. The SMILES string of the molecule is Cc1cc(CNC2CC2)ccc1-c1sccc1C. The summed E-state index contributed by atoms with van der Waals surface area (Å²) in [7, 11) is 0. The Labute approximate surface area is 113 Å². The second-order valence-corrected chi connectivity index (χ2v) is 6.15. The van der Waals surface area contributed by atoms with Crippen molar-refractivity contribution in [1.82, 2.24) is 5.32 Å². The van der Waals surface area contributed by atoms with Crippen molar-refractivity contribution in [2.75, 3.05) is 0 Å². The minimum absolute atomic E-state index is 0.782. The van der Waals surface area contributed by atoms with Gasteiger partial charge < -0.3 is 5.32 Å². The summed E-state index contributed by atoms with van der Waals surface area (Å²) in [4.78, 5) is 1.41. The van der Waals surface area contributed by atoms with Gasteiger partial charge in [-0.2, -0.15) is 0 Å². The van der Waals surface area contributed by atoms with Crippen LogP contribution in [-0.4, -0.2) is 6.04 Å². The standard InChI is InChI=1S/C16H19NS/c1-11-7-8-18-16(11)15-6-3-13(9-12(15)2)10-17-14-4-5-14/h3,6-9,14,17H,4-5,10H2,1-2H3. The Hall–Kier alpha value is -1.12. The summed E-state index contributed by atoms with van der Waals surface area (Å²) < 4.78 is 0. The van der Waals surface area contributed by atoms with Gasteiger partial charge in [-0.15, -0.1) is 11.3 Å². The lowest BCUT2D eigenvalue weighted by molar-refractivity contribution is 0.687. The van der Waals surface area contributed by atoms with Crippen LogP contribution >= 0.6 is 11.3 Å². The summed E-state index contributed by atoms with van der Waals surface area (Å²) in [5.41, 5.74) is 5.55. The van der Waals surface area contributed by atoms with E-state index in [-0.39, 0.29) is 0 Å². The van der Waals surface area contributed by atoms with Crippen molar-refractivity contribution < 1.29 is 0 Å². The van der Waals surface area contributed by atoms with Crippen molar-refractivity contribution in [2.45, 2.75) is 39.3 Å². The molecule has 0 radical (unpaired) electrons. The van der Waals surface area contributed by atoms with Crippen LogP contribution in [0.5, 0.6) is 0 Å². The van der Waals surface area contributed by atoms with E-state index in [2.05, 4.69) is 48.8 Å². The Morgan fingerprint density at radius 1 is 1.17 bits per heavy atom. The molecule has 0 atom stereocenters. The third-order valence-electron chi connectivity index (χ3n) is 3.57. The zero-order chi connectivity index (χ0) is 12.5. The first kappa shape index (κ1) is 11.9. The smallest absolute Gasteiger partial charge is 0.0374 e. The fourth-order valence-corrected chi connectivity index (χ4v) is 3.31. The van der Waals surface area contributed by atoms with E-state index >= 15 is 0 Å². The molecular formula is C16H19NS. The van der Waals surface area contributed by atoms with E-state index < -0.39 is 0 Å². The monoisotopic (exact) mass is 257 g/mol. The van der Waals surface area contributed by atoms with Crippen LogP contribution in [0.3, 0.4) is 0 Å². The average molecular weight is 257 g/mol. The maximum atomic E-state index is 3.57. The van der Waals surface area contributed by atoms with Crippen molar-refractivity contribution >= 4 is 11.3 Å². The molecule has 1 aliphatic rings. The lowest BCUT2D eigenvalue weighted by Crippen LogP contribution is -2.15. The van der Waals surface area contributed by atoms with Crippen LogP contribution in [0.1, 0.15) is 29.5 Å². The first-order valence-corrected chi connectivity index (χ1v) is 7.49. The van der Waals surface area contributed by atoms with Gasteiger partial charge in [-0.1, -0.05) is 18.2 Å². The lowest BCUT2D eigenvalue weighted by Gasteiger charge is -2.09. The summed E-state index contributed by atoms with van der Waals surface area (Å²) in [6.07, 6.45) is 2.71. The van der Waals surface area contributed by atoms with E-state index in [1.165, 1.54) is 40.0 Å². The van der Waals surface area contributed by atoms with Gasteiger partial charge in [-0.05, 0) is 60.4 Å². The zero-order valence-electron chi connectivity index (χ0n) is 11.0. The predicted molar refractivity (Wildman–Crippen MR) is 79.1 cm³/mol. The largest absolute Gasteiger partial charge is 0.310 e. The molecule has 1 nitrogen and oxygen atoms in total. The Morgan fingerprint density at radius 3 is 2.61 bits per heavy atom. The summed E-state index contributed by atoms with van der Waals surface area (Å²) in [6.45, 7) is 5.41. The number of thiophene rings is 1. The fourth-order valence-electron chi connectivity index (χ4n) is 2.29. The highest BCUT2D eigenvalue weighted by Crippen LogP contribution is 2.32. The molecule has 3 rings (SSSR count). The van der Waals surface area contributed by atoms with E-state index in [1.54, 1.807) is 0 Å². The van der Waals surface area contributed by atoms with Gasteiger partial charge >= 0.3 is 0 Å². The number of aryl methyl sites for hydroxylation is 2. The van der Waals surface area contributed by atoms with Gasteiger partial charge in [0.1, 0.15) is 0 Å². The maximum Gasteiger partial charge on any atom is 0.0374 e. The number of nitrogens with one attached hydrogen (secondary N) is 1. The van der Waals surface area contributed by atoms with Crippen molar-refractivity contribution in [3.05, 3.63) is 46.3 Å². The molecule has 1 aromatic carbocycles. The molecule has 1 fully saturated rings. The fraction of sp³-hybridized carbons (Fsp3) is 0.375. The number of benzene rings is 1. The second-order valence-electron chi connectivity index (χ2n) is 5.24. The van der Waals surface area contributed by atoms with E-state index in [4.69, 9.17) is 0 Å². The van der Waals surface area contributed by atoms with E-state index in [0.717, 1.165) is 12.6 Å². The second kappa shape index (κ2) is 4.87. The van der Waals surface area contributed by atoms with Crippen LogP contribution in [0.4, 0.5) is 0 Å². The quantitative estimate of drug-likeness (QED) is 0.862. The van der Waals surface area contributed by atoms with Gasteiger partial charge in [0.2, 0.25) is 0 Å². The predicted octanol–water partition coefficient (Wildman–Crippen LogP) is 4.28. The van der Waals surface area contributed by atoms with Crippen LogP contribution in [-0.2, 0) is 6.54 Å². The molecule has 0 spiro atoms. The number of hydrogen-bond donors (Lipinski definition) is 1. The normalized spacial score (nSPS) is 15.0. The average Bonchev–Trinajstić information content (AvgIpc) is 3.09. The van der Waals surface area contributed by atoms with Crippen LogP contribution in [0, 0.1) is 13.8 Å². The molecule has 1 heterocycles. The van der Waals surface area contributed by atoms with Gasteiger partial charge in [-0.25, -0.2) is 0 Å². The van der Waals surface area contributed by atoms with Gasteiger partial charge in [0, 0.05) is 17.5 Å². The molecule has 1 aromatic heterocycles. The Kier molecular flexibility index (Phi) is 3.23. The number of rotatable bonds is 4. The van der Waals surface area contributed by atoms with Crippen LogP contribution in [0.2, 0.25) is 0 Å². The third kappa shape index (κ3) is 2.50. The highest BCUT2D eigenvalue weighted by atomic mass is 32.1. The molecule has 0 bridgehead atoms. The van der Waals surface area contributed by atoms with E-state index in [1.807, 2.05) is 11.3 Å². The highest BCUT2D eigenvalue weighted by molar-refractivity contribution is 7.13. The van der Waals surface area contributed by atoms with Crippen LogP contribution in [0.15, 0.2) is 29.6 Å². The first-order valence-electron chi connectivity index (χ1n) is 6.61. The Bertz CT molecular complexity index is 552. The third-order valence-corrected chi connectivity index (χ3v) is 4.62. The summed E-state index contributed by atoms with van der Waals surface area (Å²) in [6, 6.07) is 9.84. The highest BCUT2D eigenvalue weighted by Gasteiger charge is 2.20.